The van der Waals surface area contributed by atoms with Crippen molar-refractivity contribution in [3.8, 4) is 0 Å². The van der Waals surface area contributed by atoms with E-state index >= 15 is 0 Å². The van der Waals surface area contributed by atoms with Crippen LogP contribution < -0.4 is 0 Å². The van der Waals surface area contributed by atoms with Gasteiger partial charge in [0.15, 0.2) is 0 Å². The summed E-state index contributed by atoms with van der Waals surface area (Å²) in [5, 5.41) is 0. The van der Waals surface area contributed by atoms with Gasteiger partial charge in [-0.15, -0.1) is 5.56 Å². The van der Waals surface area contributed by atoms with E-state index in [9.17, 15) is 3.55 Å². The second kappa shape index (κ2) is 7.39. The molecule has 0 aliphatic rings. The van der Waals surface area contributed by atoms with E-state index in [2.05, 4.69) is 6.92 Å². The molecule has 0 spiro atoms. The molecule has 0 radical (unpaired) electrons. The monoisotopic (exact) mass is 191 g/mol. The Kier molecular flexibility index (Phi) is 6.90. The van der Waals surface area contributed by atoms with Gasteiger partial charge in [-0.2, -0.15) is 0 Å². The van der Waals surface area contributed by atoms with Crippen LogP contribution in [0.25, 0.3) is 6.08 Å². The van der Waals surface area contributed by atoms with Crippen LogP contribution >= 0.6 is 0 Å². The van der Waals surface area contributed by atoms with E-state index in [4.69, 9.17) is 0 Å². The molecule has 0 heterocycles. The van der Waals surface area contributed by atoms with E-state index in [-0.39, 0.29) is 0 Å². The predicted molar refractivity (Wildman–Crippen MR) is 41.9 cm³/mol. The zero-order valence-corrected chi connectivity index (χ0v) is 7.18. The second-order valence-electron chi connectivity index (χ2n) is 1.81. The number of rotatable bonds is 1. The van der Waals surface area contributed by atoms with Crippen LogP contribution in [0.5, 0.6) is 0 Å². The second-order valence-corrected chi connectivity index (χ2v) is 1.81. The molecule has 1 aromatic carbocycles. The first-order valence-electron chi connectivity index (χ1n) is 3.08. The molecule has 0 unspecified atom stereocenters. The Balaban J connectivity index is 0.000000461. The van der Waals surface area contributed by atoms with Gasteiger partial charge in [0.05, 0.1) is 0 Å². The Morgan fingerprint density at radius 3 is 2.18 bits per heavy atom. The molecule has 0 saturated heterocycles. The molecular formula is C9H9FMn. The molecule has 0 fully saturated rings. The molecule has 0 aliphatic heterocycles. The fourth-order valence-corrected chi connectivity index (χ4v) is 0.700. The van der Waals surface area contributed by atoms with Crippen LogP contribution in [-0.4, -0.2) is 0 Å². The van der Waals surface area contributed by atoms with Crippen LogP contribution in [0.2, 0.25) is 0 Å². The number of benzene rings is 1. The Hall–Kier alpha value is -0.721. The van der Waals surface area contributed by atoms with E-state index in [0.717, 1.165) is 0 Å². The van der Waals surface area contributed by atoms with Gasteiger partial charge in [0.25, 0.3) is 0 Å². The molecule has 11 heavy (non-hydrogen) atoms. The molecule has 0 saturated carbocycles. The maximum absolute atomic E-state index is 9.31. The van der Waals surface area contributed by atoms with Crippen LogP contribution in [0, 0.1) is 6.92 Å². The summed E-state index contributed by atoms with van der Waals surface area (Å²) in [6.07, 6.45) is 3.76. The van der Waals surface area contributed by atoms with Gasteiger partial charge in [-0.25, -0.2) is 19.1 Å². The third-order valence-corrected chi connectivity index (χ3v) is 1.11. The summed E-state index contributed by atoms with van der Waals surface area (Å²) < 4.78 is 9.31. The van der Waals surface area contributed by atoms with Gasteiger partial charge in [0.2, 0.25) is 0 Å². The zero-order chi connectivity index (χ0) is 8.53. The van der Waals surface area contributed by atoms with Gasteiger partial charge < -0.3 is 0 Å². The summed E-state index contributed by atoms with van der Waals surface area (Å²) in [4.78, 5) is 0. The fraction of sp³-hybridized carbons (Fsp3) is 0. The average Bonchev–Trinajstić information content (AvgIpc) is 2.11. The minimum atomic E-state index is 1.20. The maximum atomic E-state index is 9.31. The molecule has 2 heteroatoms. The van der Waals surface area contributed by atoms with E-state index in [1.807, 2.05) is 36.4 Å². The van der Waals surface area contributed by atoms with Gasteiger partial charge in [-0.05, 0) is 0 Å². The SMILES string of the molecule is [CH2-]C=Cc1ccccc1.[F][Mn+]. The van der Waals surface area contributed by atoms with Gasteiger partial charge in [-0.3, -0.25) is 0 Å². The topological polar surface area (TPSA) is 0 Å². The van der Waals surface area contributed by atoms with Crippen molar-refractivity contribution < 1.29 is 20.0 Å². The van der Waals surface area contributed by atoms with Crippen LogP contribution in [0.1, 0.15) is 5.56 Å². The first kappa shape index (κ1) is 10.3. The normalized spacial score (nSPS) is 8.82. The van der Waals surface area contributed by atoms with E-state index in [1.54, 1.807) is 6.08 Å². The number of hydrogen-bond acceptors (Lipinski definition) is 0. The Morgan fingerprint density at radius 1 is 1.18 bits per heavy atom. The molecular weight excluding hydrogens is 182 g/mol. The molecule has 0 aromatic heterocycles. The third kappa shape index (κ3) is 4.65. The molecule has 0 nitrogen and oxygen atoms in total. The van der Waals surface area contributed by atoms with Gasteiger partial charge in [0, 0.05) is 0 Å². The van der Waals surface area contributed by atoms with Crippen molar-refractivity contribution in [2.75, 3.05) is 0 Å². The molecule has 1 aromatic rings. The molecule has 0 N–H and O–H groups in total. The third-order valence-electron chi connectivity index (χ3n) is 1.11. The zero-order valence-electron chi connectivity index (χ0n) is 6.00. The van der Waals surface area contributed by atoms with Crippen LogP contribution in [-0.2, 0) is 16.5 Å². The molecule has 1 rings (SSSR count). The summed E-state index contributed by atoms with van der Waals surface area (Å²) in [5.74, 6) is 0. The van der Waals surface area contributed by atoms with Crippen molar-refractivity contribution in [2.24, 2.45) is 0 Å². The van der Waals surface area contributed by atoms with Crippen molar-refractivity contribution in [1.29, 1.82) is 0 Å². The van der Waals surface area contributed by atoms with Crippen LogP contribution in [0.15, 0.2) is 36.4 Å². The number of halogens is 1. The summed E-state index contributed by atoms with van der Waals surface area (Å²) >= 11 is 1.44. The van der Waals surface area contributed by atoms with Crippen LogP contribution in [0.4, 0.5) is 3.55 Å². The van der Waals surface area contributed by atoms with E-state index in [0.29, 0.717) is 0 Å². The first-order valence-corrected chi connectivity index (χ1v) is 3.53. The van der Waals surface area contributed by atoms with Crippen molar-refractivity contribution in [3.05, 3.63) is 48.9 Å². The summed E-state index contributed by atoms with van der Waals surface area (Å²) in [7, 11) is 0. The summed E-state index contributed by atoms with van der Waals surface area (Å²) in [6.45, 7) is 3.60. The number of allylic oxidation sites excluding steroid dienone is 1. The van der Waals surface area contributed by atoms with Crippen molar-refractivity contribution in [2.45, 2.75) is 0 Å². The Morgan fingerprint density at radius 2 is 1.73 bits per heavy atom. The van der Waals surface area contributed by atoms with E-state index in [1.165, 1.54) is 22.0 Å². The summed E-state index contributed by atoms with van der Waals surface area (Å²) in [5.41, 5.74) is 1.20. The quantitative estimate of drug-likeness (QED) is 0.472. The number of hydrogen-bond donors (Lipinski definition) is 0. The summed E-state index contributed by atoms with van der Waals surface area (Å²) in [6, 6.07) is 10.1. The molecule has 0 amide bonds. The van der Waals surface area contributed by atoms with Crippen molar-refractivity contribution in [1.82, 2.24) is 0 Å². The Bertz CT molecular complexity index is 194. The van der Waals surface area contributed by atoms with Gasteiger partial charge >= 0.3 is 20.0 Å². The molecule has 59 valence electrons. The minimum absolute atomic E-state index is 1.20. The molecule has 0 bridgehead atoms. The molecule has 0 aliphatic carbocycles. The van der Waals surface area contributed by atoms with Gasteiger partial charge in [-0.1, -0.05) is 30.3 Å². The van der Waals surface area contributed by atoms with Gasteiger partial charge in [0.1, 0.15) is 0 Å². The van der Waals surface area contributed by atoms with Crippen molar-refractivity contribution in [3.63, 3.8) is 0 Å². The van der Waals surface area contributed by atoms with E-state index < -0.39 is 0 Å². The Labute approximate surface area is 75.4 Å². The first-order chi connectivity index (χ1) is 5.43. The predicted octanol–water partition coefficient (Wildman–Crippen LogP) is 2.95. The van der Waals surface area contributed by atoms with Crippen LogP contribution in [0.3, 0.4) is 0 Å². The average molecular weight is 191 g/mol. The fourth-order valence-electron chi connectivity index (χ4n) is 0.700. The standard InChI is InChI=1S/C9H9.FH.Mn/c1-2-6-9-7-4-3-5-8-9;;/h2-8H,1H2;1H;/q-1;;+2/p-1. The molecule has 0 atom stereocenters. The van der Waals surface area contributed by atoms with Crippen molar-refractivity contribution >= 4 is 6.08 Å².